The van der Waals surface area contributed by atoms with Crippen molar-refractivity contribution >= 4 is 17.9 Å². The van der Waals surface area contributed by atoms with Gasteiger partial charge >= 0.3 is 6.18 Å². The maximum Gasteiger partial charge on any atom is 0.416 e. The van der Waals surface area contributed by atoms with Gasteiger partial charge < -0.3 is 4.74 Å². The average molecular weight is 502 g/mol. The Morgan fingerprint density at radius 3 is 2.54 bits per heavy atom. The summed E-state index contributed by atoms with van der Waals surface area (Å²) in [5.41, 5.74) is 2.07. The van der Waals surface area contributed by atoms with Crippen molar-refractivity contribution in [3.8, 4) is 17.0 Å². The number of alkyl halides is 3. The number of nitrogens with zero attached hydrogens (tertiary/aromatic N) is 4. The number of hydrogen-bond acceptors (Lipinski definition) is 6. The number of benzene rings is 2. The maximum absolute atomic E-state index is 13.5. The molecule has 1 aliphatic rings. The van der Waals surface area contributed by atoms with Gasteiger partial charge in [-0.15, -0.1) is 0 Å². The van der Waals surface area contributed by atoms with E-state index in [0.717, 1.165) is 34.5 Å². The highest BCUT2D eigenvalue weighted by atomic mass is 32.2. The first-order valence-electron chi connectivity index (χ1n) is 10.7. The molecule has 0 radical (unpaired) electrons. The Morgan fingerprint density at radius 1 is 1.06 bits per heavy atom. The molecule has 0 fully saturated rings. The molecule has 4 aromatic rings. The zero-order valence-corrected chi connectivity index (χ0v) is 19.2. The van der Waals surface area contributed by atoms with Gasteiger partial charge in [-0.25, -0.2) is 14.4 Å². The van der Waals surface area contributed by atoms with Crippen molar-refractivity contribution < 1.29 is 22.3 Å². The Kier molecular flexibility index (Phi) is 6.10. The van der Waals surface area contributed by atoms with Gasteiger partial charge in [0.05, 0.1) is 30.3 Å². The van der Waals surface area contributed by atoms with Gasteiger partial charge in [0.2, 0.25) is 5.95 Å². The highest BCUT2D eigenvalue weighted by Crippen LogP contribution is 2.44. The number of halogens is 4. The smallest absolute Gasteiger partial charge is 0.416 e. The van der Waals surface area contributed by atoms with Crippen molar-refractivity contribution in [3.05, 3.63) is 83.6 Å². The topological polar surface area (TPSA) is 64.9 Å². The van der Waals surface area contributed by atoms with Crippen LogP contribution in [-0.4, -0.2) is 26.4 Å². The molecular weight excluding hydrogens is 482 g/mol. The summed E-state index contributed by atoms with van der Waals surface area (Å²) in [5.74, 6) is 0.239. The normalized spacial score (nSPS) is 15.4. The Bertz CT molecular complexity index is 1360. The highest BCUT2D eigenvalue weighted by Gasteiger charge is 2.33. The second kappa shape index (κ2) is 9.21. The first kappa shape index (κ1) is 23.2. The van der Waals surface area contributed by atoms with Crippen LogP contribution >= 0.6 is 11.9 Å². The molecule has 1 N–H and O–H groups in total. The maximum atomic E-state index is 13.5. The van der Waals surface area contributed by atoms with Crippen molar-refractivity contribution in [1.29, 1.82) is 0 Å². The van der Waals surface area contributed by atoms with Crippen molar-refractivity contribution in [2.24, 2.45) is 7.05 Å². The lowest BCUT2D eigenvalue weighted by Crippen LogP contribution is -2.17. The molecule has 0 saturated heterocycles. The Morgan fingerprint density at radius 2 is 1.83 bits per heavy atom. The minimum absolute atomic E-state index is 0.154. The fourth-order valence-corrected chi connectivity index (χ4v) is 4.74. The molecule has 2 aromatic carbocycles. The summed E-state index contributed by atoms with van der Waals surface area (Å²) in [6.45, 7) is 0.423. The average Bonchev–Trinajstić information content (AvgIpc) is 3.28. The molecule has 5 rings (SSSR count). The molecule has 35 heavy (non-hydrogen) atoms. The van der Waals surface area contributed by atoms with Gasteiger partial charge in [-0.1, -0.05) is 12.1 Å². The molecule has 6 nitrogen and oxygen atoms in total. The zero-order valence-electron chi connectivity index (χ0n) is 18.4. The summed E-state index contributed by atoms with van der Waals surface area (Å²) in [5, 5.41) is 4.15. The van der Waals surface area contributed by atoms with E-state index in [1.165, 1.54) is 18.0 Å². The molecule has 0 aliphatic carbocycles. The van der Waals surface area contributed by atoms with Gasteiger partial charge in [-0.05, 0) is 54.3 Å². The quantitative estimate of drug-likeness (QED) is 0.265. The van der Waals surface area contributed by atoms with Crippen LogP contribution in [0.1, 0.15) is 29.0 Å². The molecule has 0 saturated carbocycles. The molecule has 0 unspecified atom stereocenters. The third kappa shape index (κ3) is 4.81. The minimum atomic E-state index is -4.45. The van der Waals surface area contributed by atoms with Crippen LogP contribution < -0.4 is 9.46 Å². The lowest BCUT2D eigenvalue weighted by Gasteiger charge is -2.28. The molecule has 180 valence electrons. The van der Waals surface area contributed by atoms with Gasteiger partial charge in [0, 0.05) is 35.2 Å². The van der Waals surface area contributed by atoms with Crippen LogP contribution in [0, 0.1) is 5.82 Å². The highest BCUT2D eigenvalue weighted by molar-refractivity contribution is 8.00. The number of aromatic nitrogens is 4. The van der Waals surface area contributed by atoms with E-state index in [9.17, 15) is 17.6 Å². The molecule has 0 spiro atoms. The third-order valence-corrected chi connectivity index (χ3v) is 6.53. The van der Waals surface area contributed by atoms with E-state index in [1.807, 2.05) is 18.2 Å². The number of anilines is 1. The summed E-state index contributed by atoms with van der Waals surface area (Å²) in [4.78, 5) is 8.54. The molecule has 1 atom stereocenters. The largest absolute Gasteiger partial charge is 0.493 e. The van der Waals surface area contributed by atoms with Gasteiger partial charge in [0.1, 0.15) is 5.75 Å². The van der Waals surface area contributed by atoms with E-state index in [1.54, 1.807) is 30.1 Å². The molecule has 1 aliphatic heterocycles. The number of nitrogens with one attached hydrogen (secondary N) is 1. The molecule has 0 amide bonds. The predicted molar refractivity (Wildman–Crippen MR) is 124 cm³/mol. The standard InChI is InChI=1S/C24H19F4N5OS/c1-33-21(6-8-31-33)20-10-14(24(26,27)28)2-4-17(20)18-7-9-34-22-11-16(3-5-19(18)22)35-32-23-29-12-15(25)13-30-23/h2-6,8,10-13,18H,7,9H2,1H3,(H,29,30,32)/t18-/m1/s1. The number of hydrogen-bond donors (Lipinski definition) is 1. The van der Waals surface area contributed by atoms with Crippen LogP contribution in [0.5, 0.6) is 5.75 Å². The number of ether oxygens (including phenoxy) is 1. The minimum Gasteiger partial charge on any atom is -0.493 e. The van der Waals surface area contributed by atoms with Crippen molar-refractivity contribution in [2.45, 2.75) is 23.4 Å². The molecule has 2 aromatic heterocycles. The van der Waals surface area contributed by atoms with Crippen LogP contribution in [0.4, 0.5) is 23.5 Å². The van der Waals surface area contributed by atoms with Crippen molar-refractivity contribution in [1.82, 2.24) is 19.7 Å². The Hall–Kier alpha value is -3.60. The monoisotopic (exact) mass is 501 g/mol. The second-order valence-corrected chi connectivity index (χ2v) is 8.84. The van der Waals surface area contributed by atoms with Gasteiger partial charge in [-0.2, -0.15) is 18.3 Å². The summed E-state index contributed by atoms with van der Waals surface area (Å²) in [6, 6.07) is 11.2. The second-order valence-electron chi connectivity index (χ2n) is 7.96. The SMILES string of the molecule is Cn1nccc1-c1cc(C(F)(F)F)ccc1[C@H]1CCOc2cc(SNc3ncc(F)cn3)ccc21. The lowest BCUT2D eigenvalue weighted by molar-refractivity contribution is -0.137. The fourth-order valence-electron chi connectivity index (χ4n) is 4.12. The van der Waals surface area contributed by atoms with E-state index >= 15 is 0 Å². The summed E-state index contributed by atoms with van der Waals surface area (Å²) >= 11 is 1.24. The molecule has 11 heteroatoms. The van der Waals surface area contributed by atoms with E-state index in [-0.39, 0.29) is 11.9 Å². The van der Waals surface area contributed by atoms with Gasteiger partial charge in [0.25, 0.3) is 0 Å². The summed E-state index contributed by atoms with van der Waals surface area (Å²) in [6.07, 6.45) is -0.121. The molecule has 0 bridgehead atoms. The predicted octanol–water partition coefficient (Wildman–Crippen LogP) is 6.07. The third-order valence-electron chi connectivity index (χ3n) is 5.76. The Labute approximate surface area is 202 Å². The van der Waals surface area contributed by atoms with Crippen LogP contribution in [0.15, 0.2) is 66.0 Å². The van der Waals surface area contributed by atoms with Crippen LogP contribution in [0.25, 0.3) is 11.3 Å². The number of aryl methyl sites for hydroxylation is 1. The van der Waals surface area contributed by atoms with Crippen LogP contribution in [0.2, 0.25) is 0 Å². The molecular formula is C24H19F4N5OS. The van der Waals surface area contributed by atoms with Crippen LogP contribution in [0.3, 0.4) is 0 Å². The zero-order chi connectivity index (χ0) is 24.6. The van der Waals surface area contributed by atoms with Crippen LogP contribution in [-0.2, 0) is 13.2 Å². The van der Waals surface area contributed by atoms with Crippen molar-refractivity contribution in [3.63, 3.8) is 0 Å². The summed E-state index contributed by atoms with van der Waals surface area (Å²) in [7, 11) is 1.71. The summed E-state index contributed by atoms with van der Waals surface area (Å²) < 4.78 is 63.9. The van der Waals surface area contributed by atoms with Crippen molar-refractivity contribution in [2.75, 3.05) is 11.3 Å². The van der Waals surface area contributed by atoms with E-state index in [2.05, 4.69) is 19.8 Å². The van der Waals surface area contributed by atoms with Gasteiger partial charge in [-0.3, -0.25) is 9.40 Å². The molecule has 3 heterocycles. The Balaban J connectivity index is 1.48. The van der Waals surface area contributed by atoms with E-state index < -0.39 is 17.6 Å². The fraction of sp³-hybridized carbons (Fsp3) is 0.208. The first-order chi connectivity index (χ1) is 16.8. The first-order valence-corrected chi connectivity index (χ1v) is 11.5. The number of rotatable bonds is 5. The van der Waals surface area contributed by atoms with E-state index in [4.69, 9.17) is 4.74 Å². The van der Waals surface area contributed by atoms with Gasteiger partial charge in [0.15, 0.2) is 5.82 Å². The number of fused-ring (bicyclic) bond motifs is 1. The van der Waals surface area contributed by atoms with E-state index in [0.29, 0.717) is 30.0 Å². The lowest BCUT2D eigenvalue weighted by atomic mass is 9.83.